The third kappa shape index (κ3) is 4.13. The smallest absolute Gasteiger partial charge is 0.249 e. The van der Waals surface area contributed by atoms with Crippen molar-refractivity contribution < 1.29 is 4.42 Å². The Kier molecular flexibility index (Phi) is 4.63. The molecular weight excluding hydrogens is 240 g/mol. The average molecular weight is 260 g/mol. The summed E-state index contributed by atoms with van der Waals surface area (Å²) < 4.78 is 5.64. The van der Waals surface area contributed by atoms with Crippen molar-refractivity contribution in [1.82, 2.24) is 20.5 Å². The monoisotopic (exact) mass is 260 g/mol. The van der Waals surface area contributed by atoms with Gasteiger partial charge in [0, 0.05) is 24.9 Å². The summed E-state index contributed by atoms with van der Waals surface area (Å²) in [5, 5.41) is 11.5. The van der Waals surface area contributed by atoms with E-state index in [1.54, 1.807) is 12.4 Å². The molecule has 102 valence electrons. The van der Waals surface area contributed by atoms with Crippen molar-refractivity contribution in [3.05, 3.63) is 29.9 Å². The van der Waals surface area contributed by atoms with Gasteiger partial charge in [0.25, 0.3) is 0 Å². The van der Waals surface area contributed by atoms with Crippen LogP contribution in [-0.2, 0) is 6.42 Å². The number of nitrogens with one attached hydrogen (secondary N) is 1. The Morgan fingerprint density at radius 3 is 2.84 bits per heavy atom. The minimum absolute atomic E-state index is 0.511. The van der Waals surface area contributed by atoms with Gasteiger partial charge in [-0.05, 0) is 31.5 Å². The summed E-state index contributed by atoms with van der Waals surface area (Å²) in [6, 6.07) is 2.50. The van der Waals surface area contributed by atoms with E-state index in [1.807, 2.05) is 13.0 Å². The third-order valence-corrected chi connectivity index (χ3v) is 2.71. The zero-order chi connectivity index (χ0) is 13.7. The van der Waals surface area contributed by atoms with Crippen molar-refractivity contribution >= 4 is 0 Å². The first-order valence-corrected chi connectivity index (χ1v) is 6.63. The van der Waals surface area contributed by atoms with E-state index < -0.39 is 0 Å². The molecule has 2 aromatic heterocycles. The topological polar surface area (TPSA) is 63.8 Å². The van der Waals surface area contributed by atoms with E-state index in [1.165, 1.54) is 0 Å². The molecule has 5 nitrogen and oxygen atoms in total. The molecule has 2 rings (SSSR count). The Morgan fingerprint density at radius 2 is 2.11 bits per heavy atom. The molecule has 0 bridgehead atoms. The Labute approximate surface area is 113 Å². The van der Waals surface area contributed by atoms with Gasteiger partial charge in [-0.3, -0.25) is 4.98 Å². The molecule has 0 atom stereocenters. The summed E-state index contributed by atoms with van der Waals surface area (Å²) in [5.74, 6) is 1.23. The van der Waals surface area contributed by atoms with Gasteiger partial charge in [0.1, 0.15) is 0 Å². The predicted octanol–water partition coefficient (Wildman–Crippen LogP) is 2.37. The molecular formula is C14H20N4O. The number of hydrogen-bond donors (Lipinski definition) is 1. The van der Waals surface area contributed by atoms with Crippen molar-refractivity contribution in [2.24, 2.45) is 0 Å². The predicted molar refractivity (Wildman–Crippen MR) is 73.7 cm³/mol. The third-order valence-electron chi connectivity index (χ3n) is 2.71. The summed E-state index contributed by atoms with van der Waals surface area (Å²) in [7, 11) is 0. The fourth-order valence-corrected chi connectivity index (χ4v) is 1.77. The number of aromatic nitrogens is 3. The van der Waals surface area contributed by atoms with E-state index >= 15 is 0 Å². The van der Waals surface area contributed by atoms with Crippen LogP contribution in [0.4, 0.5) is 0 Å². The maximum absolute atomic E-state index is 5.64. The highest BCUT2D eigenvalue weighted by Gasteiger charge is 2.08. The fraction of sp³-hybridized carbons (Fsp3) is 0.500. The summed E-state index contributed by atoms with van der Waals surface area (Å²) in [4.78, 5) is 4.13. The van der Waals surface area contributed by atoms with Gasteiger partial charge in [-0.2, -0.15) is 0 Å². The van der Waals surface area contributed by atoms with E-state index in [9.17, 15) is 0 Å². The first-order valence-electron chi connectivity index (χ1n) is 6.63. The molecule has 5 heteroatoms. The molecule has 0 aliphatic rings. The van der Waals surface area contributed by atoms with E-state index in [0.717, 1.165) is 30.5 Å². The van der Waals surface area contributed by atoms with Gasteiger partial charge < -0.3 is 9.73 Å². The number of pyridine rings is 1. The summed E-state index contributed by atoms with van der Waals surface area (Å²) >= 11 is 0. The summed E-state index contributed by atoms with van der Waals surface area (Å²) in [5.41, 5.74) is 1.96. The van der Waals surface area contributed by atoms with Crippen molar-refractivity contribution in [1.29, 1.82) is 0 Å². The van der Waals surface area contributed by atoms with Crippen molar-refractivity contribution in [3.63, 3.8) is 0 Å². The highest BCUT2D eigenvalue weighted by molar-refractivity contribution is 5.51. The standard InChI is InChI=1S/C14H20N4O/c1-10(2)16-6-4-5-13-17-18-14(19-13)12-7-11(3)8-15-9-12/h7-10,16H,4-6H2,1-3H3. The molecule has 0 aliphatic heterocycles. The van der Waals surface area contributed by atoms with Gasteiger partial charge in [0.2, 0.25) is 11.8 Å². The van der Waals surface area contributed by atoms with Crippen LogP contribution in [-0.4, -0.2) is 27.8 Å². The Morgan fingerprint density at radius 1 is 1.26 bits per heavy atom. The van der Waals surface area contributed by atoms with Crippen LogP contribution in [0.1, 0.15) is 31.7 Å². The van der Waals surface area contributed by atoms with E-state index in [0.29, 0.717) is 17.8 Å². The van der Waals surface area contributed by atoms with Gasteiger partial charge in [-0.1, -0.05) is 13.8 Å². The Balaban J connectivity index is 1.92. The molecule has 0 fully saturated rings. The molecule has 2 aromatic rings. The van der Waals surface area contributed by atoms with Crippen LogP contribution in [0, 0.1) is 6.92 Å². The highest BCUT2D eigenvalue weighted by Crippen LogP contribution is 2.17. The molecule has 0 aromatic carbocycles. The van der Waals surface area contributed by atoms with Gasteiger partial charge in [0.05, 0.1) is 5.56 Å². The molecule has 0 amide bonds. The van der Waals surface area contributed by atoms with Crippen molar-refractivity contribution in [2.75, 3.05) is 6.54 Å². The lowest BCUT2D eigenvalue weighted by Crippen LogP contribution is -2.23. The van der Waals surface area contributed by atoms with Crippen LogP contribution >= 0.6 is 0 Å². The molecule has 2 heterocycles. The number of nitrogens with zero attached hydrogens (tertiary/aromatic N) is 3. The molecule has 0 aliphatic carbocycles. The normalized spacial score (nSPS) is 11.2. The molecule has 0 saturated heterocycles. The van der Waals surface area contributed by atoms with Gasteiger partial charge in [-0.15, -0.1) is 10.2 Å². The number of rotatable bonds is 6. The first kappa shape index (κ1) is 13.7. The van der Waals surface area contributed by atoms with E-state index in [4.69, 9.17) is 4.42 Å². The minimum atomic E-state index is 0.511. The summed E-state index contributed by atoms with van der Waals surface area (Å²) in [6.45, 7) is 7.22. The lowest BCUT2D eigenvalue weighted by molar-refractivity contribution is 0.484. The van der Waals surface area contributed by atoms with E-state index in [2.05, 4.69) is 34.3 Å². The quantitative estimate of drug-likeness (QED) is 0.808. The molecule has 0 radical (unpaired) electrons. The second kappa shape index (κ2) is 6.43. The van der Waals surface area contributed by atoms with Crippen LogP contribution in [0.2, 0.25) is 0 Å². The lowest BCUT2D eigenvalue weighted by atomic mass is 10.2. The number of aryl methyl sites for hydroxylation is 2. The maximum atomic E-state index is 5.64. The van der Waals surface area contributed by atoms with Gasteiger partial charge in [-0.25, -0.2) is 0 Å². The molecule has 0 saturated carbocycles. The molecule has 19 heavy (non-hydrogen) atoms. The fourth-order valence-electron chi connectivity index (χ4n) is 1.77. The lowest BCUT2D eigenvalue weighted by Gasteiger charge is -2.05. The average Bonchev–Trinajstić information content (AvgIpc) is 2.83. The van der Waals surface area contributed by atoms with Crippen LogP contribution in [0.3, 0.4) is 0 Å². The minimum Gasteiger partial charge on any atom is -0.421 e. The van der Waals surface area contributed by atoms with E-state index in [-0.39, 0.29) is 0 Å². The number of hydrogen-bond acceptors (Lipinski definition) is 5. The summed E-state index contributed by atoms with van der Waals surface area (Å²) in [6.07, 6.45) is 5.33. The SMILES string of the molecule is Cc1cncc(-c2nnc(CCCNC(C)C)o2)c1. The van der Waals surface area contributed by atoms with Crippen LogP contribution in [0.5, 0.6) is 0 Å². The molecule has 0 spiro atoms. The van der Waals surface area contributed by atoms with Crippen molar-refractivity contribution in [2.45, 2.75) is 39.7 Å². The second-order valence-electron chi connectivity index (χ2n) is 4.96. The molecule has 0 unspecified atom stereocenters. The molecule has 1 N–H and O–H groups in total. The zero-order valence-corrected chi connectivity index (χ0v) is 11.7. The first-order chi connectivity index (χ1) is 9.15. The largest absolute Gasteiger partial charge is 0.421 e. The Hall–Kier alpha value is -1.75. The van der Waals surface area contributed by atoms with Crippen LogP contribution < -0.4 is 5.32 Å². The Bertz CT molecular complexity index is 522. The van der Waals surface area contributed by atoms with Crippen LogP contribution in [0.25, 0.3) is 11.5 Å². The zero-order valence-electron chi connectivity index (χ0n) is 11.7. The maximum Gasteiger partial charge on any atom is 0.249 e. The van der Waals surface area contributed by atoms with Crippen molar-refractivity contribution in [3.8, 4) is 11.5 Å². The van der Waals surface area contributed by atoms with Gasteiger partial charge >= 0.3 is 0 Å². The van der Waals surface area contributed by atoms with Crippen LogP contribution in [0.15, 0.2) is 22.9 Å². The second-order valence-corrected chi connectivity index (χ2v) is 4.96. The highest BCUT2D eigenvalue weighted by atomic mass is 16.4. The van der Waals surface area contributed by atoms with Gasteiger partial charge in [0.15, 0.2) is 0 Å².